The van der Waals surface area contributed by atoms with E-state index >= 15 is 0 Å². The van der Waals surface area contributed by atoms with Crippen molar-refractivity contribution in [3.63, 3.8) is 0 Å². The molecule has 1 aromatic heterocycles. The number of carbonyl (C=O) groups excluding carboxylic acids is 1. The van der Waals surface area contributed by atoms with E-state index in [1.807, 2.05) is 6.92 Å². The van der Waals surface area contributed by atoms with Crippen molar-refractivity contribution in [1.82, 2.24) is 20.4 Å². The number of carbonyl (C=O) groups is 1. The molecule has 7 heteroatoms. The molecular weight excluding hydrogens is 344 g/mol. The Bertz CT molecular complexity index is 774. The van der Waals surface area contributed by atoms with Gasteiger partial charge in [-0.15, -0.1) is 0 Å². The summed E-state index contributed by atoms with van der Waals surface area (Å²) in [6, 6.07) is 6.23. The van der Waals surface area contributed by atoms with Crippen LogP contribution in [0.4, 0.5) is 4.79 Å². The van der Waals surface area contributed by atoms with Crippen molar-refractivity contribution in [2.45, 2.75) is 51.7 Å². The highest BCUT2D eigenvalue weighted by atomic mass is 16.3. The fourth-order valence-electron chi connectivity index (χ4n) is 3.55. The molecule has 0 saturated carbocycles. The Morgan fingerprint density at radius 1 is 1.33 bits per heavy atom. The first-order chi connectivity index (χ1) is 13.1. The Labute approximate surface area is 159 Å². The van der Waals surface area contributed by atoms with Crippen LogP contribution in [0.1, 0.15) is 54.8 Å². The number of rotatable bonds is 6. The molecule has 27 heavy (non-hydrogen) atoms. The van der Waals surface area contributed by atoms with Gasteiger partial charge in [0, 0.05) is 12.2 Å². The first-order valence-corrected chi connectivity index (χ1v) is 9.63. The number of aromatic amines is 1. The number of aliphatic hydroxyl groups excluding tert-OH is 1. The molecule has 1 aromatic carbocycles. The SMILES string of the molecule is CCN(C[C@H](O)c1cccc(O)c1)C(=O)NCc1n[nH]c2c1CCCCC2. The lowest BCUT2D eigenvalue weighted by atomic mass is 10.1. The van der Waals surface area contributed by atoms with E-state index in [4.69, 9.17) is 0 Å². The van der Waals surface area contributed by atoms with Crippen LogP contribution in [0.2, 0.25) is 0 Å². The Morgan fingerprint density at radius 3 is 2.93 bits per heavy atom. The Kier molecular flexibility index (Phi) is 6.34. The van der Waals surface area contributed by atoms with E-state index in [0.29, 0.717) is 18.7 Å². The topological polar surface area (TPSA) is 101 Å². The van der Waals surface area contributed by atoms with Crippen molar-refractivity contribution >= 4 is 6.03 Å². The van der Waals surface area contributed by atoms with E-state index in [-0.39, 0.29) is 18.3 Å². The maximum atomic E-state index is 12.6. The fraction of sp³-hybridized carbons (Fsp3) is 0.500. The molecule has 0 spiro atoms. The smallest absolute Gasteiger partial charge is 0.317 e. The van der Waals surface area contributed by atoms with Crippen LogP contribution in [0, 0.1) is 0 Å². The monoisotopic (exact) mass is 372 g/mol. The number of aliphatic hydroxyl groups is 1. The molecule has 7 nitrogen and oxygen atoms in total. The van der Waals surface area contributed by atoms with Gasteiger partial charge in [0.25, 0.3) is 0 Å². The lowest BCUT2D eigenvalue weighted by Gasteiger charge is -2.24. The number of fused-ring (bicyclic) bond motifs is 1. The number of aromatic hydroxyl groups is 1. The van der Waals surface area contributed by atoms with E-state index in [9.17, 15) is 15.0 Å². The molecule has 0 saturated heterocycles. The lowest BCUT2D eigenvalue weighted by molar-refractivity contribution is 0.123. The molecule has 1 aliphatic carbocycles. The van der Waals surface area contributed by atoms with E-state index in [0.717, 1.165) is 25.0 Å². The van der Waals surface area contributed by atoms with Crippen LogP contribution in [-0.2, 0) is 19.4 Å². The van der Waals surface area contributed by atoms with Crippen molar-refractivity contribution in [3.05, 3.63) is 46.8 Å². The Balaban J connectivity index is 1.58. The molecule has 0 fully saturated rings. The summed E-state index contributed by atoms with van der Waals surface area (Å²) < 4.78 is 0. The van der Waals surface area contributed by atoms with E-state index < -0.39 is 6.10 Å². The largest absolute Gasteiger partial charge is 0.508 e. The number of phenols is 1. The van der Waals surface area contributed by atoms with Crippen LogP contribution in [0.5, 0.6) is 5.75 Å². The molecular formula is C20H28N4O3. The number of hydrogen-bond acceptors (Lipinski definition) is 4. The maximum absolute atomic E-state index is 12.6. The summed E-state index contributed by atoms with van der Waals surface area (Å²) in [5, 5.41) is 30.4. The predicted molar refractivity (Wildman–Crippen MR) is 102 cm³/mol. The highest BCUT2D eigenvalue weighted by molar-refractivity contribution is 5.74. The quantitative estimate of drug-likeness (QED) is 0.586. The number of likely N-dealkylation sites (N-methyl/N-ethyl adjacent to an activating group) is 1. The standard InChI is InChI=1S/C20H28N4O3/c1-2-24(13-19(26)14-7-6-8-15(25)11-14)20(27)21-12-18-16-9-4-3-5-10-17(16)22-23-18/h6-8,11,19,25-26H,2-5,9-10,12-13H2,1H3,(H,21,27)(H,22,23)/t19-/m0/s1. The van der Waals surface area contributed by atoms with E-state index in [2.05, 4.69) is 15.5 Å². The number of amides is 2. The van der Waals surface area contributed by atoms with Crippen LogP contribution < -0.4 is 5.32 Å². The van der Waals surface area contributed by atoms with Crippen LogP contribution >= 0.6 is 0 Å². The highest BCUT2D eigenvalue weighted by Gasteiger charge is 2.20. The summed E-state index contributed by atoms with van der Waals surface area (Å²) in [4.78, 5) is 14.1. The molecule has 0 aliphatic heterocycles. The number of benzene rings is 1. The Hall–Kier alpha value is -2.54. The number of phenolic OH excluding ortho intramolecular Hbond substituents is 1. The van der Waals surface area contributed by atoms with Gasteiger partial charge in [-0.3, -0.25) is 5.10 Å². The van der Waals surface area contributed by atoms with Gasteiger partial charge in [-0.05, 0) is 55.9 Å². The van der Waals surface area contributed by atoms with Crippen LogP contribution in [-0.4, -0.2) is 44.4 Å². The average molecular weight is 372 g/mol. The van der Waals surface area contributed by atoms with E-state index in [1.165, 1.54) is 30.2 Å². The molecule has 0 bridgehead atoms. The van der Waals surface area contributed by atoms with Gasteiger partial charge in [-0.25, -0.2) is 4.79 Å². The van der Waals surface area contributed by atoms with Gasteiger partial charge in [-0.1, -0.05) is 18.6 Å². The minimum absolute atomic E-state index is 0.0956. The zero-order chi connectivity index (χ0) is 19.2. The summed E-state index contributed by atoms with van der Waals surface area (Å²) in [7, 11) is 0. The molecule has 3 rings (SSSR count). The van der Waals surface area contributed by atoms with Crippen LogP contribution in [0.25, 0.3) is 0 Å². The number of hydrogen-bond donors (Lipinski definition) is 4. The summed E-state index contributed by atoms with van der Waals surface area (Å²) in [6.45, 7) is 2.88. The Morgan fingerprint density at radius 2 is 2.15 bits per heavy atom. The summed E-state index contributed by atoms with van der Waals surface area (Å²) >= 11 is 0. The third-order valence-corrected chi connectivity index (χ3v) is 5.12. The molecule has 2 amide bonds. The maximum Gasteiger partial charge on any atom is 0.317 e. The summed E-state index contributed by atoms with van der Waals surface area (Å²) in [5.74, 6) is 0.0956. The minimum Gasteiger partial charge on any atom is -0.508 e. The van der Waals surface area contributed by atoms with Crippen molar-refractivity contribution < 1.29 is 15.0 Å². The van der Waals surface area contributed by atoms with E-state index in [1.54, 1.807) is 23.1 Å². The van der Waals surface area contributed by atoms with Crippen molar-refractivity contribution in [2.24, 2.45) is 0 Å². The van der Waals surface area contributed by atoms with Gasteiger partial charge < -0.3 is 20.4 Å². The molecule has 146 valence electrons. The molecule has 0 radical (unpaired) electrons. The number of nitrogens with zero attached hydrogens (tertiary/aromatic N) is 2. The molecule has 0 unspecified atom stereocenters. The second-order valence-corrected chi connectivity index (χ2v) is 7.00. The summed E-state index contributed by atoms with van der Waals surface area (Å²) in [6.07, 6.45) is 4.73. The molecule has 1 heterocycles. The first-order valence-electron chi connectivity index (χ1n) is 9.63. The predicted octanol–water partition coefficient (Wildman–Crippen LogP) is 2.65. The highest BCUT2D eigenvalue weighted by Crippen LogP contribution is 2.22. The second kappa shape index (κ2) is 8.90. The fourth-order valence-corrected chi connectivity index (χ4v) is 3.55. The second-order valence-electron chi connectivity index (χ2n) is 7.00. The van der Waals surface area contributed by atoms with Gasteiger partial charge in [0.2, 0.25) is 0 Å². The average Bonchev–Trinajstić information content (AvgIpc) is 2.90. The minimum atomic E-state index is -0.857. The molecule has 1 aliphatic rings. The van der Waals surface area contributed by atoms with Gasteiger partial charge in [0.15, 0.2) is 0 Å². The van der Waals surface area contributed by atoms with Gasteiger partial charge in [-0.2, -0.15) is 5.10 Å². The number of aromatic nitrogens is 2. The number of urea groups is 1. The number of nitrogens with one attached hydrogen (secondary N) is 2. The number of aryl methyl sites for hydroxylation is 1. The van der Waals surface area contributed by atoms with Crippen LogP contribution in [0.3, 0.4) is 0 Å². The zero-order valence-corrected chi connectivity index (χ0v) is 15.7. The lowest BCUT2D eigenvalue weighted by Crippen LogP contribution is -2.41. The molecule has 2 aromatic rings. The van der Waals surface area contributed by atoms with Gasteiger partial charge >= 0.3 is 6.03 Å². The molecule has 4 N–H and O–H groups in total. The van der Waals surface area contributed by atoms with Crippen LogP contribution in [0.15, 0.2) is 24.3 Å². The molecule has 1 atom stereocenters. The van der Waals surface area contributed by atoms with Crippen molar-refractivity contribution in [3.8, 4) is 5.75 Å². The van der Waals surface area contributed by atoms with Gasteiger partial charge in [0.05, 0.1) is 24.9 Å². The van der Waals surface area contributed by atoms with Gasteiger partial charge in [0.1, 0.15) is 5.75 Å². The normalized spacial score (nSPS) is 14.9. The zero-order valence-electron chi connectivity index (χ0n) is 15.7. The third kappa shape index (κ3) is 4.80. The van der Waals surface area contributed by atoms with Crippen molar-refractivity contribution in [2.75, 3.05) is 13.1 Å². The van der Waals surface area contributed by atoms with Crippen molar-refractivity contribution in [1.29, 1.82) is 0 Å². The first kappa shape index (κ1) is 19.2. The number of H-pyrrole nitrogens is 1. The summed E-state index contributed by atoms with van der Waals surface area (Å²) in [5.41, 5.74) is 3.93. The third-order valence-electron chi connectivity index (χ3n) is 5.12.